The fraction of sp³-hybridized carbons (Fsp3) is 0.438. The minimum atomic E-state index is 0.402. The first-order valence-corrected chi connectivity index (χ1v) is 7.08. The highest BCUT2D eigenvalue weighted by atomic mass is 15.1. The van der Waals surface area contributed by atoms with E-state index in [-0.39, 0.29) is 0 Å². The molecule has 1 heterocycles. The van der Waals surface area contributed by atoms with Gasteiger partial charge in [0.25, 0.3) is 0 Å². The number of fused-ring (bicyclic) bond motifs is 1. The van der Waals surface area contributed by atoms with Gasteiger partial charge in [0.15, 0.2) is 0 Å². The standard InChI is InChI=1S/C16H21N3/c1-19(13-8-6-12(17)7-9-13)16-10-11-18-15-5-3-2-4-14(15)16/h2-5,10-13H,6-9,17H2,1H3. The van der Waals surface area contributed by atoms with Crippen LogP contribution in [0.4, 0.5) is 5.69 Å². The van der Waals surface area contributed by atoms with Crippen molar-refractivity contribution in [1.82, 2.24) is 4.98 Å². The van der Waals surface area contributed by atoms with E-state index in [2.05, 4.69) is 41.2 Å². The van der Waals surface area contributed by atoms with E-state index >= 15 is 0 Å². The molecule has 0 atom stereocenters. The Morgan fingerprint density at radius 3 is 2.63 bits per heavy atom. The van der Waals surface area contributed by atoms with Crippen molar-refractivity contribution in [2.24, 2.45) is 5.73 Å². The second kappa shape index (κ2) is 5.17. The Morgan fingerprint density at radius 1 is 1.11 bits per heavy atom. The van der Waals surface area contributed by atoms with Crippen molar-refractivity contribution in [1.29, 1.82) is 0 Å². The third-order valence-electron chi connectivity index (χ3n) is 4.30. The summed E-state index contributed by atoms with van der Waals surface area (Å²) in [5.74, 6) is 0. The Balaban J connectivity index is 1.91. The van der Waals surface area contributed by atoms with E-state index in [4.69, 9.17) is 5.73 Å². The molecule has 1 fully saturated rings. The number of benzene rings is 1. The largest absolute Gasteiger partial charge is 0.371 e. The fourth-order valence-electron chi connectivity index (χ4n) is 3.07. The lowest BCUT2D eigenvalue weighted by Crippen LogP contribution is -2.38. The monoisotopic (exact) mass is 255 g/mol. The van der Waals surface area contributed by atoms with Crippen molar-refractivity contribution in [3.8, 4) is 0 Å². The molecule has 0 spiro atoms. The van der Waals surface area contributed by atoms with Crippen LogP contribution in [0.3, 0.4) is 0 Å². The van der Waals surface area contributed by atoms with Crippen LogP contribution in [-0.2, 0) is 0 Å². The van der Waals surface area contributed by atoms with E-state index in [1.165, 1.54) is 23.9 Å². The zero-order chi connectivity index (χ0) is 13.2. The first-order valence-electron chi connectivity index (χ1n) is 7.08. The van der Waals surface area contributed by atoms with E-state index < -0.39 is 0 Å². The summed E-state index contributed by atoms with van der Waals surface area (Å²) in [4.78, 5) is 6.85. The highest BCUT2D eigenvalue weighted by Gasteiger charge is 2.23. The maximum absolute atomic E-state index is 6.00. The maximum Gasteiger partial charge on any atom is 0.0722 e. The molecule has 0 saturated heterocycles. The number of nitrogens with two attached hydrogens (primary N) is 1. The molecule has 1 aromatic heterocycles. The van der Waals surface area contributed by atoms with Gasteiger partial charge in [0.05, 0.1) is 5.52 Å². The van der Waals surface area contributed by atoms with Crippen molar-refractivity contribution < 1.29 is 0 Å². The lowest BCUT2D eigenvalue weighted by Gasteiger charge is -2.35. The van der Waals surface area contributed by atoms with Crippen LogP contribution in [0.1, 0.15) is 25.7 Å². The third kappa shape index (κ3) is 2.43. The van der Waals surface area contributed by atoms with Crippen molar-refractivity contribution in [2.45, 2.75) is 37.8 Å². The quantitative estimate of drug-likeness (QED) is 0.897. The van der Waals surface area contributed by atoms with Gasteiger partial charge < -0.3 is 10.6 Å². The van der Waals surface area contributed by atoms with Crippen molar-refractivity contribution >= 4 is 16.6 Å². The van der Waals surface area contributed by atoms with Crippen molar-refractivity contribution in [3.05, 3.63) is 36.5 Å². The van der Waals surface area contributed by atoms with Gasteiger partial charge in [0, 0.05) is 36.4 Å². The number of pyridine rings is 1. The topological polar surface area (TPSA) is 42.2 Å². The Kier molecular flexibility index (Phi) is 3.38. The highest BCUT2D eigenvalue weighted by molar-refractivity contribution is 5.91. The van der Waals surface area contributed by atoms with Gasteiger partial charge in [-0.25, -0.2) is 0 Å². The molecule has 19 heavy (non-hydrogen) atoms. The van der Waals surface area contributed by atoms with Crippen LogP contribution < -0.4 is 10.6 Å². The molecule has 3 rings (SSSR count). The summed E-state index contributed by atoms with van der Waals surface area (Å²) in [6, 6.07) is 11.5. The number of nitrogens with zero attached hydrogens (tertiary/aromatic N) is 2. The summed E-state index contributed by atoms with van der Waals surface area (Å²) in [7, 11) is 2.20. The lowest BCUT2D eigenvalue weighted by molar-refractivity contribution is 0.385. The van der Waals surface area contributed by atoms with Gasteiger partial charge in [-0.2, -0.15) is 0 Å². The van der Waals surface area contributed by atoms with Crippen LogP contribution in [-0.4, -0.2) is 24.1 Å². The van der Waals surface area contributed by atoms with E-state index in [1.54, 1.807) is 0 Å². The fourth-order valence-corrected chi connectivity index (χ4v) is 3.07. The first-order chi connectivity index (χ1) is 9.25. The molecule has 1 saturated carbocycles. The van der Waals surface area contributed by atoms with Gasteiger partial charge >= 0.3 is 0 Å². The van der Waals surface area contributed by atoms with Crippen LogP contribution in [0, 0.1) is 0 Å². The third-order valence-corrected chi connectivity index (χ3v) is 4.30. The second-order valence-corrected chi connectivity index (χ2v) is 5.53. The van der Waals surface area contributed by atoms with E-state index in [1.807, 2.05) is 12.3 Å². The number of para-hydroxylation sites is 1. The van der Waals surface area contributed by atoms with Gasteiger partial charge in [0.2, 0.25) is 0 Å². The molecular weight excluding hydrogens is 234 g/mol. The highest BCUT2D eigenvalue weighted by Crippen LogP contribution is 2.30. The van der Waals surface area contributed by atoms with Crippen molar-refractivity contribution in [3.63, 3.8) is 0 Å². The Hall–Kier alpha value is -1.61. The molecule has 100 valence electrons. The summed E-state index contributed by atoms with van der Waals surface area (Å²) >= 11 is 0. The van der Waals surface area contributed by atoms with Gasteiger partial charge in [-0.1, -0.05) is 18.2 Å². The number of hydrogen-bond donors (Lipinski definition) is 1. The minimum absolute atomic E-state index is 0.402. The Labute approximate surface area is 114 Å². The molecular formula is C16H21N3. The first kappa shape index (κ1) is 12.4. The number of aromatic nitrogens is 1. The minimum Gasteiger partial charge on any atom is -0.371 e. The predicted molar refractivity (Wildman–Crippen MR) is 80.4 cm³/mol. The van der Waals surface area contributed by atoms with Crippen LogP contribution >= 0.6 is 0 Å². The average molecular weight is 255 g/mol. The molecule has 1 aliphatic rings. The number of anilines is 1. The molecule has 3 heteroatoms. The molecule has 0 unspecified atom stereocenters. The van der Waals surface area contributed by atoms with Crippen LogP contribution in [0.25, 0.3) is 10.9 Å². The van der Waals surface area contributed by atoms with Crippen LogP contribution in [0.2, 0.25) is 0 Å². The van der Waals surface area contributed by atoms with Gasteiger partial charge in [-0.15, -0.1) is 0 Å². The Bertz CT molecular complexity index is 553. The number of rotatable bonds is 2. The predicted octanol–water partition coefficient (Wildman–Crippen LogP) is 2.94. The summed E-state index contributed by atoms with van der Waals surface area (Å²) in [6.45, 7) is 0. The lowest BCUT2D eigenvalue weighted by atomic mass is 9.90. The summed E-state index contributed by atoms with van der Waals surface area (Å²) in [5.41, 5.74) is 8.35. The maximum atomic E-state index is 6.00. The molecule has 1 aliphatic carbocycles. The molecule has 1 aromatic carbocycles. The molecule has 2 N–H and O–H groups in total. The van der Waals surface area contributed by atoms with E-state index in [0.29, 0.717) is 12.1 Å². The zero-order valence-corrected chi connectivity index (χ0v) is 11.4. The van der Waals surface area contributed by atoms with E-state index in [9.17, 15) is 0 Å². The molecule has 0 bridgehead atoms. The van der Waals surface area contributed by atoms with Crippen molar-refractivity contribution in [2.75, 3.05) is 11.9 Å². The van der Waals surface area contributed by atoms with Crippen LogP contribution in [0.15, 0.2) is 36.5 Å². The van der Waals surface area contributed by atoms with Crippen LogP contribution in [0.5, 0.6) is 0 Å². The molecule has 3 nitrogen and oxygen atoms in total. The molecule has 0 aliphatic heterocycles. The molecule has 0 radical (unpaired) electrons. The SMILES string of the molecule is CN(c1ccnc2ccccc12)C1CCC(N)CC1. The smallest absolute Gasteiger partial charge is 0.0722 e. The normalized spacial score (nSPS) is 23.5. The van der Waals surface area contributed by atoms with E-state index in [0.717, 1.165) is 18.4 Å². The summed E-state index contributed by atoms with van der Waals surface area (Å²) in [5, 5.41) is 1.24. The van der Waals surface area contributed by atoms with Gasteiger partial charge in [-0.3, -0.25) is 4.98 Å². The summed E-state index contributed by atoms with van der Waals surface area (Å²) < 4.78 is 0. The molecule has 2 aromatic rings. The average Bonchev–Trinajstić information content (AvgIpc) is 2.47. The second-order valence-electron chi connectivity index (χ2n) is 5.53. The molecule has 0 amide bonds. The Morgan fingerprint density at radius 2 is 1.84 bits per heavy atom. The van der Waals surface area contributed by atoms with Gasteiger partial charge in [0.1, 0.15) is 0 Å². The van der Waals surface area contributed by atoms with Gasteiger partial charge in [-0.05, 0) is 37.8 Å². The zero-order valence-electron chi connectivity index (χ0n) is 11.4. The number of hydrogen-bond acceptors (Lipinski definition) is 3. The summed E-state index contributed by atoms with van der Waals surface area (Å²) in [6.07, 6.45) is 6.56.